The number of aryl methyl sites for hydroxylation is 1. The molecule has 0 saturated carbocycles. The molecule has 1 aromatic carbocycles. The molecule has 2 atom stereocenters. The Hall–Kier alpha value is -3.85. The molecule has 226 valence electrons. The van der Waals surface area contributed by atoms with Crippen molar-refractivity contribution in [1.29, 1.82) is 0 Å². The van der Waals surface area contributed by atoms with Gasteiger partial charge in [0.05, 0.1) is 11.4 Å². The second-order valence-electron chi connectivity index (χ2n) is 12.9. The van der Waals surface area contributed by atoms with Gasteiger partial charge in [-0.3, -0.25) is 4.79 Å². The Kier molecular flexibility index (Phi) is 8.56. The first-order chi connectivity index (χ1) is 20.3. The predicted octanol–water partition coefficient (Wildman–Crippen LogP) is 6.59. The third kappa shape index (κ3) is 6.27. The lowest BCUT2D eigenvalue weighted by Gasteiger charge is -2.35. The van der Waals surface area contributed by atoms with Gasteiger partial charge in [0.15, 0.2) is 5.01 Å². The van der Waals surface area contributed by atoms with E-state index in [0.717, 1.165) is 45.9 Å². The molecule has 2 aromatic heterocycles. The number of benzene rings is 1. The first-order valence-corrected chi connectivity index (χ1v) is 15.7. The predicted molar refractivity (Wildman–Crippen MR) is 173 cm³/mol. The molecule has 5 rings (SSSR count). The molecule has 1 N–H and O–H groups in total. The van der Waals surface area contributed by atoms with Gasteiger partial charge >= 0.3 is 6.03 Å². The van der Waals surface area contributed by atoms with Crippen molar-refractivity contribution in [2.45, 2.75) is 65.8 Å². The second kappa shape index (κ2) is 12.0. The van der Waals surface area contributed by atoms with Crippen LogP contribution in [0.5, 0.6) is 0 Å². The van der Waals surface area contributed by atoms with Crippen molar-refractivity contribution in [2.75, 3.05) is 27.2 Å². The summed E-state index contributed by atoms with van der Waals surface area (Å²) in [5.74, 6) is 0.369. The Bertz CT molecular complexity index is 1610. The number of carbonyl (C=O) groups is 2. The number of rotatable bonds is 5. The fourth-order valence-corrected chi connectivity index (χ4v) is 6.68. The molecule has 0 fully saturated rings. The van der Waals surface area contributed by atoms with E-state index in [1.807, 2.05) is 4.90 Å². The maximum Gasteiger partial charge on any atom is 0.319 e. The monoisotopic (exact) mass is 598 g/mol. The molecule has 0 bridgehead atoms. The zero-order valence-electron chi connectivity index (χ0n) is 26.5. The molecule has 9 heteroatoms. The smallest absolute Gasteiger partial charge is 0.319 e. The number of hydrogen-bond donors (Lipinski definition) is 1. The number of urea groups is 1. The first kappa shape index (κ1) is 30.6. The summed E-state index contributed by atoms with van der Waals surface area (Å²) in [6, 6.07) is 6.37. The van der Waals surface area contributed by atoms with Crippen LogP contribution in [0.2, 0.25) is 0 Å². The quantitative estimate of drug-likeness (QED) is 0.358. The number of aromatic nitrogens is 3. The molecule has 0 radical (unpaired) electrons. The van der Waals surface area contributed by atoms with Gasteiger partial charge in [-0.25, -0.2) is 19.7 Å². The number of allylic oxidation sites excluding steroid dienone is 1. The van der Waals surface area contributed by atoms with E-state index in [9.17, 15) is 9.59 Å². The minimum atomic E-state index is -0.149. The maximum atomic E-state index is 12.8. The van der Waals surface area contributed by atoms with Crippen molar-refractivity contribution in [3.05, 3.63) is 80.2 Å². The number of amides is 3. The van der Waals surface area contributed by atoms with E-state index >= 15 is 0 Å². The summed E-state index contributed by atoms with van der Waals surface area (Å²) in [6.45, 7) is 14.8. The molecule has 0 saturated heterocycles. The van der Waals surface area contributed by atoms with E-state index in [1.165, 1.54) is 28.0 Å². The number of carbonyl (C=O) groups excluding carboxylic acids is 2. The SMILES string of the molecule is Cc1cc(-c2ncnc3c2C(C)[C@H](C)C(C2=CCN(C(=O)N(C)C)CC2)=C3)ccc1CNC(=O)c1ncc(C(C)(C)C)s1. The molecule has 0 spiro atoms. The Labute approximate surface area is 259 Å². The number of nitrogens with one attached hydrogen (secondary N) is 1. The van der Waals surface area contributed by atoms with E-state index in [0.29, 0.717) is 24.0 Å². The molecular weight excluding hydrogens is 556 g/mol. The normalized spacial score (nSPS) is 18.5. The summed E-state index contributed by atoms with van der Waals surface area (Å²) in [5.41, 5.74) is 8.87. The maximum absolute atomic E-state index is 12.8. The number of nitrogens with zero attached hydrogens (tertiary/aromatic N) is 5. The van der Waals surface area contributed by atoms with Crippen LogP contribution in [-0.2, 0) is 12.0 Å². The molecular formula is C34H42N6O2S. The molecule has 1 aliphatic carbocycles. The van der Waals surface area contributed by atoms with Gasteiger partial charge < -0.3 is 15.1 Å². The van der Waals surface area contributed by atoms with Crippen molar-refractivity contribution in [1.82, 2.24) is 30.1 Å². The van der Waals surface area contributed by atoms with Gasteiger partial charge in [0, 0.05) is 55.9 Å². The van der Waals surface area contributed by atoms with Crippen LogP contribution in [0.15, 0.2) is 47.9 Å². The van der Waals surface area contributed by atoms with Gasteiger partial charge in [-0.1, -0.05) is 52.8 Å². The van der Waals surface area contributed by atoms with Crippen LogP contribution < -0.4 is 5.32 Å². The fraction of sp³-hybridized carbons (Fsp3) is 0.441. The highest BCUT2D eigenvalue weighted by atomic mass is 32.1. The van der Waals surface area contributed by atoms with Gasteiger partial charge in [0.25, 0.3) is 5.91 Å². The summed E-state index contributed by atoms with van der Waals surface area (Å²) in [4.78, 5) is 43.6. The van der Waals surface area contributed by atoms with Crippen molar-refractivity contribution < 1.29 is 9.59 Å². The van der Waals surface area contributed by atoms with Crippen molar-refractivity contribution >= 4 is 29.4 Å². The standard InChI is InChI=1S/C34H42N6O2S/c1-20-15-24(9-10-25(20)17-35-31(41)32-36-18-28(43-32)34(4,5)6)30-29-22(3)21(2)26(16-27(29)37-19-38-30)23-11-13-40(14-12-23)33(42)39(7)8/h9-11,15-16,18-19,21-22H,12-14,17H2,1-8H3,(H,35,41)/t21-,22?/m0/s1. The minimum Gasteiger partial charge on any atom is -0.346 e. The van der Waals surface area contributed by atoms with Crippen LogP contribution in [0.25, 0.3) is 17.3 Å². The van der Waals surface area contributed by atoms with E-state index in [-0.39, 0.29) is 23.3 Å². The largest absolute Gasteiger partial charge is 0.346 e. The van der Waals surface area contributed by atoms with Gasteiger partial charge in [-0.2, -0.15) is 0 Å². The highest BCUT2D eigenvalue weighted by Crippen LogP contribution is 2.44. The highest BCUT2D eigenvalue weighted by Gasteiger charge is 2.32. The van der Waals surface area contributed by atoms with Gasteiger partial charge in [0.1, 0.15) is 6.33 Å². The Balaban J connectivity index is 1.35. The molecule has 3 amide bonds. The summed E-state index contributed by atoms with van der Waals surface area (Å²) >= 11 is 1.45. The molecule has 2 aliphatic rings. The average Bonchev–Trinajstić information content (AvgIpc) is 3.49. The highest BCUT2D eigenvalue weighted by molar-refractivity contribution is 7.13. The van der Waals surface area contributed by atoms with Crippen molar-refractivity contribution in [3.63, 3.8) is 0 Å². The van der Waals surface area contributed by atoms with Crippen LogP contribution in [0.4, 0.5) is 4.79 Å². The molecule has 43 heavy (non-hydrogen) atoms. The summed E-state index contributed by atoms with van der Waals surface area (Å²) in [6.07, 6.45) is 8.72. The number of thiazole rings is 1. The van der Waals surface area contributed by atoms with Crippen molar-refractivity contribution in [2.24, 2.45) is 5.92 Å². The number of hydrogen-bond acceptors (Lipinski definition) is 6. The van der Waals surface area contributed by atoms with Gasteiger partial charge in [-0.15, -0.1) is 11.3 Å². The third-order valence-electron chi connectivity index (χ3n) is 8.63. The van der Waals surface area contributed by atoms with Crippen LogP contribution in [-0.4, -0.2) is 63.9 Å². The van der Waals surface area contributed by atoms with Crippen LogP contribution in [0, 0.1) is 12.8 Å². The van der Waals surface area contributed by atoms with Crippen molar-refractivity contribution in [3.8, 4) is 11.3 Å². The third-order valence-corrected chi connectivity index (χ3v) is 10.1. The zero-order chi connectivity index (χ0) is 31.1. The van der Waals surface area contributed by atoms with Crippen LogP contribution in [0.1, 0.15) is 84.0 Å². The van der Waals surface area contributed by atoms with E-state index in [4.69, 9.17) is 9.97 Å². The molecule has 3 heterocycles. The summed E-state index contributed by atoms with van der Waals surface area (Å²) < 4.78 is 0. The minimum absolute atomic E-state index is 0.0298. The molecule has 1 unspecified atom stereocenters. The average molecular weight is 599 g/mol. The first-order valence-electron chi connectivity index (χ1n) is 14.9. The number of fused-ring (bicyclic) bond motifs is 1. The topological polar surface area (TPSA) is 91.3 Å². The van der Waals surface area contributed by atoms with Gasteiger partial charge in [-0.05, 0) is 65.0 Å². The summed E-state index contributed by atoms with van der Waals surface area (Å²) in [7, 11) is 3.59. The van der Waals surface area contributed by atoms with Crippen LogP contribution in [0.3, 0.4) is 0 Å². The molecule has 3 aromatic rings. The lowest BCUT2D eigenvalue weighted by molar-refractivity contribution is 0.0950. The van der Waals surface area contributed by atoms with Gasteiger partial charge in [0.2, 0.25) is 0 Å². The summed E-state index contributed by atoms with van der Waals surface area (Å²) in [5, 5.41) is 3.53. The van der Waals surface area contributed by atoms with E-state index in [1.54, 1.807) is 31.5 Å². The van der Waals surface area contributed by atoms with Crippen LogP contribution >= 0.6 is 11.3 Å². The fourth-order valence-electron chi connectivity index (χ4n) is 5.79. The lowest BCUT2D eigenvalue weighted by atomic mass is 9.73. The zero-order valence-corrected chi connectivity index (χ0v) is 27.3. The molecule has 1 aliphatic heterocycles. The Morgan fingerprint density at radius 2 is 1.88 bits per heavy atom. The molecule has 8 nitrogen and oxygen atoms in total. The second-order valence-corrected chi connectivity index (χ2v) is 13.9. The van der Waals surface area contributed by atoms with E-state index < -0.39 is 0 Å². The Morgan fingerprint density at radius 3 is 2.51 bits per heavy atom. The Morgan fingerprint density at radius 1 is 1.12 bits per heavy atom. The lowest BCUT2D eigenvalue weighted by Crippen LogP contribution is -2.41. The van der Waals surface area contributed by atoms with E-state index in [2.05, 4.69) is 82.2 Å².